The summed E-state index contributed by atoms with van der Waals surface area (Å²) >= 11 is 0. The Hall–Kier alpha value is -4.71. The average Bonchev–Trinajstić information content (AvgIpc) is 3.46. The van der Waals surface area contributed by atoms with Gasteiger partial charge in [-0.15, -0.1) is 0 Å². The fourth-order valence-corrected chi connectivity index (χ4v) is 8.68. The maximum Gasteiger partial charge on any atom is 0.306 e. The van der Waals surface area contributed by atoms with E-state index in [0.717, 1.165) is 167 Å². The molecule has 452 valence electrons. The van der Waals surface area contributed by atoms with E-state index in [9.17, 15) is 14.4 Å². The first-order valence-corrected chi connectivity index (χ1v) is 32.8. The number of carbonyl (C=O) groups is 3. The lowest BCUT2D eigenvalue weighted by Crippen LogP contribution is -2.30. The molecule has 0 aromatic rings. The molecule has 0 saturated heterocycles. The SMILES string of the molecule is CC/C=C\C/C=C\C/C=C\C/C=C\C/C=C\C/C=C\C/C=C\C/C=C\C/C=C\C/C=C\CCCCCCC(=O)OCC(COC(=O)CCCCCCC/C=C\C/C=C\CCC)OC(=O)CCCCCCCCCCCCCCCC. The lowest BCUT2D eigenvalue weighted by atomic mass is 10.0. The van der Waals surface area contributed by atoms with E-state index in [2.05, 4.69) is 167 Å². The van der Waals surface area contributed by atoms with Gasteiger partial charge in [0.15, 0.2) is 6.10 Å². The molecule has 0 N–H and O–H groups in total. The van der Waals surface area contributed by atoms with Crippen LogP contribution in [0.15, 0.2) is 146 Å². The molecule has 0 aromatic heterocycles. The Balaban J connectivity index is 4.31. The molecule has 0 aromatic carbocycles. The van der Waals surface area contributed by atoms with Gasteiger partial charge < -0.3 is 14.2 Å². The standard InChI is InChI=1S/C74H120O6/c1-4-7-10-13-16-19-22-25-27-28-29-30-31-32-33-34-35-36-37-38-39-40-41-42-43-44-45-46-47-50-52-55-58-61-64-67-73(76)79-70-71(69-78-72(75)66-63-60-57-54-51-48-24-21-18-15-12-9-6-3)80-74(77)68-65-62-59-56-53-49-26-23-20-17-14-11-8-5-2/h7,10,12,15-16,19,21,24-25,27,29-30,32-33,35-36,38-39,41-42,44-45,47,50,71H,4-6,8-9,11,13-14,17-18,20,22-23,26,28,31,34,37,40,43,46,48-49,51-70H2,1-3H3/b10-7-,15-12-,19-16-,24-21-,27-25-,30-29-,33-32-,36-35-,39-38-,42-41-,45-44-,50-47-. The van der Waals surface area contributed by atoms with Crippen LogP contribution in [0.5, 0.6) is 0 Å². The van der Waals surface area contributed by atoms with Gasteiger partial charge in [-0.25, -0.2) is 0 Å². The van der Waals surface area contributed by atoms with E-state index in [0.29, 0.717) is 19.3 Å². The van der Waals surface area contributed by atoms with Crippen molar-refractivity contribution in [1.29, 1.82) is 0 Å². The summed E-state index contributed by atoms with van der Waals surface area (Å²) in [5.41, 5.74) is 0. The predicted molar refractivity (Wildman–Crippen MR) is 348 cm³/mol. The van der Waals surface area contributed by atoms with E-state index in [4.69, 9.17) is 14.2 Å². The molecule has 0 fully saturated rings. The van der Waals surface area contributed by atoms with E-state index in [1.165, 1.54) is 77.0 Å². The van der Waals surface area contributed by atoms with Gasteiger partial charge in [0, 0.05) is 19.3 Å². The Morgan fingerprint density at radius 3 is 0.812 bits per heavy atom. The minimum Gasteiger partial charge on any atom is -0.462 e. The smallest absolute Gasteiger partial charge is 0.306 e. The molecule has 1 atom stereocenters. The van der Waals surface area contributed by atoms with Gasteiger partial charge in [0.1, 0.15) is 13.2 Å². The topological polar surface area (TPSA) is 78.9 Å². The third-order valence-corrected chi connectivity index (χ3v) is 13.6. The van der Waals surface area contributed by atoms with Gasteiger partial charge in [0.2, 0.25) is 0 Å². The summed E-state index contributed by atoms with van der Waals surface area (Å²) in [7, 11) is 0. The summed E-state index contributed by atoms with van der Waals surface area (Å²) in [6, 6.07) is 0. The summed E-state index contributed by atoms with van der Waals surface area (Å²) in [5, 5.41) is 0. The molecule has 0 aliphatic heterocycles. The van der Waals surface area contributed by atoms with Crippen molar-refractivity contribution in [2.45, 2.75) is 290 Å². The highest BCUT2D eigenvalue weighted by molar-refractivity contribution is 5.71. The highest BCUT2D eigenvalue weighted by Gasteiger charge is 2.19. The van der Waals surface area contributed by atoms with Crippen molar-refractivity contribution in [3.63, 3.8) is 0 Å². The van der Waals surface area contributed by atoms with Crippen molar-refractivity contribution in [2.75, 3.05) is 13.2 Å². The number of esters is 3. The van der Waals surface area contributed by atoms with Gasteiger partial charge >= 0.3 is 17.9 Å². The minimum absolute atomic E-state index is 0.0952. The van der Waals surface area contributed by atoms with Crippen molar-refractivity contribution in [2.24, 2.45) is 0 Å². The van der Waals surface area contributed by atoms with E-state index >= 15 is 0 Å². The molecule has 0 aliphatic rings. The normalized spacial score (nSPS) is 13.1. The average molecular weight is 1110 g/mol. The van der Waals surface area contributed by atoms with Crippen LogP contribution in [0.2, 0.25) is 0 Å². The van der Waals surface area contributed by atoms with Crippen LogP contribution in [-0.2, 0) is 28.6 Å². The van der Waals surface area contributed by atoms with Crippen LogP contribution in [0.3, 0.4) is 0 Å². The molecular weight excluding hydrogens is 985 g/mol. The summed E-state index contributed by atoms with van der Waals surface area (Å²) < 4.78 is 16.9. The van der Waals surface area contributed by atoms with Crippen LogP contribution in [0.25, 0.3) is 0 Å². The summed E-state index contributed by atoms with van der Waals surface area (Å²) in [6.07, 6.45) is 95.7. The van der Waals surface area contributed by atoms with Crippen LogP contribution in [0, 0.1) is 0 Å². The fourth-order valence-electron chi connectivity index (χ4n) is 8.68. The molecule has 0 aliphatic carbocycles. The fraction of sp³-hybridized carbons (Fsp3) is 0.635. The van der Waals surface area contributed by atoms with Crippen molar-refractivity contribution < 1.29 is 28.6 Å². The molecule has 6 nitrogen and oxygen atoms in total. The predicted octanol–water partition coefficient (Wildman–Crippen LogP) is 22.7. The van der Waals surface area contributed by atoms with Crippen LogP contribution in [0.1, 0.15) is 284 Å². The Kier molecular flexibility index (Phi) is 62.9. The molecule has 6 heteroatoms. The van der Waals surface area contributed by atoms with Gasteiger partial charge in [-0.3, -0.25) is 14.4 Å². The van der Waals surface area contributed by atoms with E-state index < -0.39 is 6.10 Å². The Morgan fingerprint density at radius 1 is 0.263 bits per heavy atom. The molecule has 0 rings (SSSR count). The largest absolute Gasteiger partial charge is 0.462 e. The van der Waals surface area contributed by atoms with Crippen LogP contribution in [0.4, 0.5) is 0 Å². The quantitative estimate of drug-likeness (QED) is 0.0261. The van der Waals surface area contributed by atoms with Crippen molar-refractivity contribution >= 4 is 17.9 Å². The number of carbonyl (C=O) groups excluding carboxylic acids is 3. The van der Waals surface area contributed by atoms with E-state index in [1.54, 1.807) is 0 Å². The molecule has 0 heterocycles. The van der Waals surface area contributed by atoms with Crippen LogP contribution < -0.4 is 0 Å². The molecule has 80 heavy (non-hydrogen) atoms. The number of allylic oxidation sites excluding steroid dienone is 24. The van der Waals surface area contributed by atoms with E-state index in [1.807, 2.05) is 0 Å². The Morgan fingerprint density at radius 2 is 0.512 bits per heavy atom. The first kappa shape index (κ1) is 75.3. The van der Waals surface area contributed by atoms with Gasteiger partial charge in [0.05, 0.1) is 0 Å². The Bertz CT molecular complexity index is 1750. The number of hydrogen-bond donors (Lipinski definition) is 0. The highest BCUT2D eigenvalue weighted by Crippen LogP contribution is 2.15. The van der Waals surface area contributed by atoms with Gasteiger partial charge in [-0.1, -0.05) is 289 Å². The van der Waals surface area contributed by atoms with Gasteiger partial charge in [-0.05, 0) is 122 Å². The highest BCUT2D eigenvalue weighted by atomic mass is 16.6. The van der Waals surface area contributed by atoms with Crippen molar-refractivity contribution in [3.05, 3.63) is 146 Å². The second-order valence-corrected chi connectivity index (χ2v) is 21.3. The maximum absolute atomic E-state index is 12.9. The second kappa shape index (κ2) is 66.8. The molecule has 0 radical (unpaired) electrons. The third-order valence-electron chi connectivity index (χ3n) is 13.6. The van der Waals surface area contributed by atoms with E-state index in [-0.39, 0.29) is 31.1 Å². The molecule has 0 amide bonds. The molecule has 1 unspecified atom stereocenters. The first-order valence-electron chi connectivity index (χ1n) is 32.8. The number of ether oxygens (including phenoxy) is 3. The zero-order valence-corrected chi connectivity index (χ0v) is 51.8. The number of hydrogen-bond acceptors (Lipinski definition) is 6. The monoisotopic (exact) mass is 1100 g/mol. The summed E-state index contributed by atoms with van der Waals surface area (Å²) in [4.78, 5) is 38.2. The van der Waals surface area contributed by atoms with Crippen molar-refractivity contribution in [1.82, 2.24) is 0 Å². The number of unbranched alkanes of at least 4 members (excludes halogenated alkanes) is 23. The molecule has 0 saturated carbocycles. The zero-order chi connectivity index (χ0) is 57.8. The first-order chi connectivity index (χ1) is 39.5. The van der Waals surface area contributed by atoms with Gasteiger partial charge in [-0.2, -0.15) is 0 Å². The molecular formula is C74H120O6. The zero-order valence-electron chi connectivity index (χ0n) is 51.8. The number of rotatable bonds is 58. The maximum atomic E-state index is 12.9. The summed E-state index contributed by atoms with van der Waals surface area (Å²) in [6.45, 7) is 6.43. The molecule has 0 spiro atoms. The summed E-state index contributed by atoms with van der Waals surface area (Å²) in [5.74, 6) is -0.932. The molecule has 0 bridgehead atoms. The lowest BCUT2D eigenvalue weighted by Gasteiger charge is -2.18. The van der Waals surface area contributed by atoms with Crippen LogP contribution in [-0.4, -0.2) is 37.2 Å². The van der Waals surface area contributed by atoms with Crippen LogP contribution >= 0.6 is 0 Å². The Labute approximate surface area is 493 Å². The van der Waals surface area contributed by atoms with Crippen molar-refractivity contribution in [3.8, 4) is 0 Å². The lowest BCUT2D eigenvalue weighted by molar-refractivity contribution is -0.167. The third kappa shape index (κ3) is 64.1. The van der Waals surface area contributed by atoms with Gasteiger partial charge in [0.25, 0.3) is 0 Å². The second-order valence-electron chi connectivity index (χ2n) is 21.3. The minimum atomic E-state index is -0.798.